The molecule has 4 saturated carbocycles. The van der Waals surface area contributed by atoms with E-state index in [0.29, 0.717) is 36.3 Å². The van der Waals surface area contributed by atoms with E-state index in [9.17, 15) is 18.0 Å². The van der Waals surface area contributed by atoms with Crippen LogP contribution in [0.3, 0.4) is 0 Å². The Balaban J connectivity index is 1.06. The summed E-state index contributed by atoms with van der Waals surface area (Å²) in [5, 5.41) is 0. The van der Waals surface area contributed by atoms with Crippen LogP contribution < -0.4 is 4.31 Å². The Kier molecular flexibility index (Phi) is 5.78. The number of carbonyl (C=O) groups is 2. The molecule has 0 amide bonds. The lowest BCUT2D eigenvalue weighted by Crippen LogP contribution is -2.51. The van der Waals surface area contributed by atoms with Crippen molar-refractivity contribution in [2.45, 2.75) is 49.8 Å². The highest BCUT2D eigenvalue weighted by molar-refractivity contribution is 7.92. The molecule has 0 radical (unpaired) electrons. The third-order valence-electron chi connectivity index (χ3n) is 8.70. The third kappa shape index (κ3) is 4.17. The maximum atomic E-state index is 13.2. The number of Topliss-reactive ketones (excluding diaryl/α,β-unsaturated/α-hetero) is 1. The fourth-order valence-corrected chi connectivity index (χ4v) is 8.89. The molecular formula is C29H31NO5S. The number of hydrogen-bond donors (Lipinski definition) is 0. The number of nitrogens with zero attached hydrogens (tertiary/aromatic N) is 1. The van der Waals surface area contributed by atoms with Crippen molar-refractivity contribution in [2.75, 3.05) is 17.5 Å². The predicted molar refractivity (Wildman–Crippen MR) is 137 cm³/mol. The molecule has 0 unspecified atom stereocenters. The van der Waals surface area contributed by atoms with Gasteiger partial charge in [0.15, 0.2) is 12.4 Å². The number of rotatable bonds is 7. The molecule has 0 N–H and O–H groups in total. The molecule has 6 nitrogen and oxygen atoms in total. The van der Waals surface area contributed by atoms with Crippen LogP contribution in [-0.2, 0) is 30.8 Å². The molecule has 7 heteroatoms. The lowest BCUT2D eigenvalue weighted by molar-refractivity contribution is -0.155. The summed E-state index contributed by atoms with van der Waals surface area (Å²) in [5.41, 5.74) is 2.17. The Morgan fingerprint density at radius 3 is 2.25 bits per heavy atom. The molecule has 0 aromatic heterocycles. The number of carbonyl (C=O) groups excluding carboxylic acids is 2. The first-order valence-corrected chi connectivity index (χ1v) is 14.4. The van der Waals surface area contributed by atoms with Gasteiger partial charge in [0.1, 0.15) is 0 Å². The van der Waals surface area contributed by atoms with Gasteiger partial charge in [0.05, 0.1) is 10.6 Å². The van der Waals surface area contributed by atoms with Crippen LogP contribution in [-0.4, -0.2) is 33.3 Å². The molecular weight excluding hydrogens is 474 g/mol. The van der Waals surface area contributed by atoms with Gasteiger partial charge in [0, 0.05) is 18.0 Å². The lowest BCUT2D eigenvalue weighted by Gasteiger charge is -2.55. The minimum absolute atomic E-state index is 0.0846. The van der Waals surface area contributed by atoms with Gasteiger partial charge in [0.25, 0.3) is 10.0 Å². The van der Waals surface area contributed by atoms with E-state index in [0.717, 1.165) is 30.5 Å². The van der Waals surface area contributed by atoms with Gasteiger partial charge in [-0.15, -0.1) is 0 Å². The Morgan fingerprint density at radius 2 is 1.58 bits per heavy atom. The van der Waals surface area contributed by atoms with Gasteiger partial charge in [-0.25, -0.2) is 13.2 Å². The second-order valence-electron chi connectivity index (χ2n) is 11.1. The van der Waals surface area contributed by atoms with E-state index in [-0.39, 0.29) is 22.7 Å². The van der Waals surface area contributed by atoms with Gasteiger partial charge in [-0.3, -0.25) is 9.10 Å². The first-order chi connectivity index (χ1) is 17.3. The Hall–Kier alpha value is -2.93. The number of sulfonamides is 1. The highest BCUT2D eigenvalue weighted by Crippen LogP contribution is 2.60. The smallest absolute Gasteiger partial charge is 0.331 e. The fraction of sp³-hybridized carbons (Fsp3) is 0.448. The van der Waals surface area contributed by atoms with Crippen molar-refractivity contribution >= 4 is 33.5 Å². The predicted octanol–water partition coefficient (Wildman–Crippen LogP) is 4.78. The third-order valence-corrected chi connectivity index (χ3v) is 10.5. The monoisotopic (exact) mass is 505 g/mol. The van der Waals surface area contributed by atoms with Gasteiger partial charge < -0.3 is 4.74 Å². The minimum Gasteiger partial charge on any atom is -0.455 e. The van der Waals surface area contributed by atoms with E-state index < -0.39 is 16.0 Å². The number of anilines is 1. The van der Waals surface area contributed by atoms with Crippen molar-refractivity contribution < 1.29 is 22.7 Å². The zero-order valence-corrected chi connectivity index (χ0v) is 21.1. The lowest BCUT2D eigenvalue weighted by atomic mass is 9.48. The Labute approximate surface area is 212 Å². The number of fused-ring (bicyclic) bond motifs is 1. The topological polar surface area (TPSA) is 80.8 Å². The summed E-state index contributed by atoms with van der Waals surface area (Å²) in [6.45, 7) is 0.265. The highest BCUT2D eigenvalue weighted by atomic mass is 32.2. The molecule has 1 heterocycles. The molecule has 36 heavy (non-hydrogen) atoms. The Bertz CT molecular complexity index is 1290. The number of para-hydroxylation sites is 1. The summed E-state index contributed by atoms with van der Waals surface area (Å²) in [6, 6.07) is 14.0. The molecule has 0 atom stereocenters. The van der Waals surface area contributed by atoms with Crippen molar-refractivity contribution in [1.82, 2.24) is 0 Å². The molecule has 4 bridgehead atoms. The second kappa shape index (κ2) is 8.87. The Morgan fingerprint density at radius 1 is 0.944 bits per heavy atom. The van der Waals surface area contributed by atoms with Crippen LogP contribution in [0.5, 0.6) is 0 Å². The van der Waals surface area contributed by atoms with Crippen molar-refractivity contribution in [2.24, 2.45) is 23.2 Å². The first kappa shape index (κ1) is 23.5. The van der Waals surface area contributed by atoms with Crippen LogP contribution in [0.1, 0.15) is 49.7 Å². The average molecular weight is 506 g/mol. The summed E-state index contributed by atoms with van der Waals surface area (Å²) in [5.74, 6) is 1.54. The molecule has 4 aliphatic carbocycles. The second-order valence-corrected chi connectivity index (χ2v) is 12.9. The van der Waals surface area contributed by atoms with Crippen LogP contribution in [0, 0.1) is 23.2 Å². The fourth-order valence-electron chi connectivity index (χ4n) is 7.39. The van der Waals surface area contributed by atoms with Crippen molar-refractivity contribution in [1.29, 1.82) is 0 Å². The van der Waals surface area contributed by atoms with E-state index in [4.69, 9.17) is 4.74 Å². The van der Waals surface area contributed by atoms with Crippen LogP contribution in [0.4, 0.5) is 5.69 Å². The first-order valence-electron chi connectivity index (χ1n) is 12.9. The molecule has 2 aromatic rings. The van der Waals surface area contributed by atoms with Gasteiger partial charge in [-0.2, -0.15) is 0 Å². The largest absolute Gasteiger partial charge is 0.455 e. The summed E-state index contributed by atoms with van der Waals surface area (Å²) < 4.78 is 33.1. The van der Waals surface area contributed by atoms with Gasteiger partial charge in [0.2, 0.25) is 0 Å². The van der Waals surface area contributed by atoms with Crippen LogP contribution in [0.2, 0.25) is 0 Å². The van der Waals surface area contributed by atoms with E-state index in [2.05, 4.69) is 0 Å². The van der Waals surface area contributed by atoms with Crippen LogP contribution >= 0.6 is 0 Å². The quantitative estimate of drug-likeness (QED) is 0.400. The summed E-state index contributed by atoms with van der Waals surface area (Å²) >= 11 is 0. The maximum Gasteiger partial charge on any atom is 0.331 e. The number of esters is 1. The maximum absolute atomic E-state index is 13.2. The molecule has 5 aliphatic rings. The molecule has 1 aliphatic heterocycles. The molecule has 0 saturated heterocycles. The van der Waals surface area contributed by atoms with E-state index >= 15 is 0 Å². The average Bonchev–Trinajstić information content (AvgIpc) is 3.30. The molecule has 7 rings (SSSR count). The zero-order chi connectivity index (χ0) is 24.9. The number of ketones is 1. The summed E-state index contributed by atoms with van der Waals surface area (Å²) in [6.07, 6.45) is 10.3. The summed E-state index contributed by atoms with van der Waals surface area (Å²) in [7, 11) is -3.66. The van der Waals surface area contributed by atoms with Gasteiger partial charge in [-0.1, -0.05) is 30.3 Å². The number of benzene rings is 2. The number of hydrogen-bond acceptors (Lipinski definition) is 5. The van der Waals surface area contributed by atoms with Crippen molar-refractivity contribution in [3.63, 3.8) is 0 Å². The van der Waals surface area contributed by atoms with Crippen LogP contribution in [0.15, 0.2) is 59.5 Å². The SMILES string of the molecule is O=C(C=Cc1ccc(S(=O)(=O)N2CCc3ccccc32)cc1)OCC(=O)C12CC3CC(CC(C3)C1)C2. The van der Waals surface area contributed by atoms with Gasteiger partial charge >= 0.3 is 5.97 Å². The molecule has 0 spiro atoms. The summed E-state index contributed by atoms with van der Waals surface area (Å²) in [4.78, 5) is 25.5. The number of ether oxygens (including phenoxy) is 1. The van der Waals surface area contributed by atoms with E-state index in [1.807, 2.05) is 24.3 Å². The zero-order valence-electron chi connectivity index (χ0n) is 20.3. The van der Waals surface area contributed by atoms with Crippen molar-refractivity contribution in [3.8, 4) is 0 Å². The molecule has 4 fully saturated rings. The van der Waals surface area contributed by atoms with Crippen molar-refractivity contribution in [3.05, 3.63) is 65.7 Å². The highest BCUT2D eigenvalue weighted by Gasteiger charge is 2.54. The molecule has 188 valence electrons. The van der Waals surface area contributed by atoms with E-state index in [1.54, 1.807) is 30.3 Å². The van der Waals surface area contributed by atoms with Crippen LogP contribution in [0.25, 0.3) is 6.08 Å². The molecule has 2 aromatic carbocycles. The standard InChI is InChI=1S/C29H31NO5S/c31-27(29-16-21-13-22(17-29)15-23(14-21)18-29)19-35-28(32)10-7-20-5-8-25(9-6-20)36(33,34)30-12-11-24-3-1-2-4-26(24)30/h1-10,21-23H,11-19H2. The normalized spacial score (nSPS) is 28.4. The van der Waals surface area contributed by atoms with E-state index in [1.165, 1.54) is 29.6 Å². The minimum atomic E-state index is -3.66. The van der Waals surface area contributed by atoms with Gasteiger partial charge in [-0.05, 0) is 98.1 Å².